The van der Waals surface area contributed by atoms with Crippen molar-refractivity contribution in [2.24, 2.45) is 5.92 Å². The minimum Gasteiger partial charge on any atom is -0.497 e. The third-order valence-electron chi connectivity index (χ3n) is 5.62. The highest BCUT2D eigenvalue weighted by molar-refractivity contribution is 5.76. The SMILES string of the molecule is COc1cccc(-c2nnn(CC(=O)N3CCC[C@@H]4CCCC[C@H]43)n2)c1. The topological polar surface area (TPSA) is 73.1 Å². The van der Waals surface area contributed by atoms with Gasteiger partial charge < -0.3 is 9.64 Å². The number of benzene rings is 1. The van der Waals surface area contributed by atoms with Gasteiger partial charge in [-0.25, -0.2) is 0 Å². The molecule has 1 aromatic heterocycles. The summed E-state index contributed by atoms with van der Waals surface area (Å²) in [5.41, 5.74) is 0.827. The molecule has 7 nitrogen and oxygen atoms in total. The number of rotatable bonds is 4. The van der Waals surface area contributed by atoms with E-state index in [4.69, 9.17) is 4.74 Å². The number of hydrogen-bond donors (Lipinski definition) is 0. The van der Waals surface area contributed by atoms with Crippen molar-refractivity contribution >= 4 is 5.91 Å². The molecule has 26 heavy (non-hydrogen) atoms. The lowest BCUT2D eigenvalue weighted by Gasteiger charge is -2.44. The average Bonchev–Trinajstić information content (AvgIpc) is 3.16. The summed E-state index contributed by atoms with van der Waals surface area (Å²) < 4.78 is 5.23. The summed E-state index contributed by atoms with van der Waals surface area (Å²) in [7, 11) is 1.62. The first-order valence-corrected chi connectivity index (χ1v) is 9.46. The van der Waals surface area contributed by atoms with E-state index in [1.807, 2.05) is 24.3 Å². The van der Waals surface area contributed by atoms with Gasteiger partial charge in [-0.1, -0.05) is 25.0 Å². The predicted octanol–water partition coefficient (Wildman–Crippen LogP) is 2.53. The van der Waals surface area contributed by atoms with Crippen molar-refractivity contribution in [1.29, 1.82) is 0 Å². The maximum Gasteiger partial charge on any atom is 0.246 e. The van der Waals surface area contributed by atoms with Gasteiger partial charge in [-0.2, -0.15) is 4.80 Å². The third kappa shape index (κ3) is 3.43. The Kier molecular flexibility index (Phi) is 4.86. The first kappa shape index (κ1) is 17.0. The Morgan fingerprint density at radius 1 is 1.23 bits per heavy atom. The number of nitrogens with zero attached hydrogens (tertiary/aromatic N) is 5. The molecule has 0 spiro atoms. The minimum absolute atomic E-state index is 0.108. The molecule has 2 fully saturated rings. The zero-order valence-corrected chi connectivity index (χ0v) is 15.2. The van der Waals surface area contributed by atoms with Crippen molar-refractivity contribution in [2.45, 2.75) is 51.1 Å². The van der Waals surface area contributed by atoms with Gasteiger partial charge in [0.1, 0.15) is 12.3 Å². The van der Waals surface area contributed by atoms with Crippen molar-refractivity contribution in [2.75, 3.05) is 13.7 Å². The lowest BCUT2D eigenvalue weighted by molar-refractivity contribution is -0.138. The van der Waals surface area contributed by atoms with Gasteiger partial charge in [-0.3, -0.25) is 4.79 Å². The van der Waals surface area contributed by atoms with E-state index < -0.39 is 0 Å². The number of tetrazole rings is 1. The first-order chi connectivity index (χ1) is 12.7. The van der Waals surface area contributed by atoms with E-state index in [2.05, 4.69) is 20.3 Å². The number of ether oxygens (including phenoxy) is 1. The Balaban J connectivity index is 1.45. The number of hydrogen-bond acceptors (Lipinski definition) is 5. The number of likely N-dealkylation sites (tertiary alicyclic amines) is 1. The van der Waals surface area contributed by atoms with E-state index in [-0.39, 0.29) is 12.5 Å². The number of fused-ring (bicyclic) bond motifs is 1. The van der Waals surface area contributed by atoms with Crippen LogP contribution in [0.4, 0.5) is 0 Å². The van der Waals surface area contributed by atoms with Gasteiger partial charge in [0.25, 0.3) is 0 Å². The highest BCUT2D eigenvalue weighted by Gasteiger charge is 2.35. The number of methoxy groups -OCH3 is 1. The molecular formula is C19H25N5O2. The van der Waals surface area contributed by atoms with Crippen LogP contribution in [-0.2, 0) is 11.3 Å². The lowest BCUT2D eigenvalue weighted by atomic mass is 9.78. The largest absolute Gasteiger partial charge is 0.497 e. The molecule has 1 saturated carbocycles. The molecule has 2 heterocycles. The molecule has 0 unspecified atom stereocenters. The van der Waals surface area contributed by atoms with E-state index in [0.29, 0.717) is 17.8 Å². The van der Waals surface area contributed by atoms with Crippen LogP contribution in [0.15, 0.2) is 24.3 Å². The first-order valence-electron chi connectivity index (χ1n) is 9.46. The van der Waals surface area contributed by atoms with Crippen LogP contribution < -0.4 is 4.74 Å². The molecule has 7 heteroatoms. The molecule has 0 N–H and O–H groups in total. The van der Waals surface area contributed by atoms with Crippen LogP contribution in [0, 0.1) is 5.92 Å². The molecule has 1 aliphatic carbocycles. The third-order valence-corrected chi connectivity index (χ3v) is 5.62. The summed E-state index contributed by atoms with van der Waals surface area (Å²) in [5, 5.41) is 12.6. The van der Waals surface area contributed by atoms with E-state index in [9.17, 15) is 4.79 Å². The van der Waals surface area contributed by atoms with Crippen LogP contribution >= 0.6 is 0 Å². The van der Waals surface area contributed by atoms with Gasteiger partial charge in [0.15, 0.2) is 0 Å². The van der Waals surface area contributed by atoms with Gasteiger partial charge in [0.2, 0.25) is 11.7 Å². The summed E-state index contributed by atoms with van der Waals surface area (Å²) in [4.78, 5) is 16.3. The second kappa shape index (κ2) is 7.43. The maximum absolute atomic E-state index is 12.8. The fraction of sp³-hybridized carbons (Fsp3) is 0.579. The lowest BCUT2D eigenvalue weighted by Crippen LogP contribution is -2.50. The number of piperidine rings is 1. The molecule has 1 aromatic carbocycles. The van der Waals surface area contributed by atoms with E-state index in [1.165, 1.54) is 30.5 Å². The number of carbonyl (C=O) groups excluding carboxylic acids is 1. The second-order valence-electron chi connectivity index (χ2n) is 7.22. The Labute approximate surface area is 153 Å². The molecular weight excluding hydrogens is 330 g/mol. The second-order valence-corrected chi connectivity index (χ2v) is 7.22. The fourth-order valence-corrected chi connectivity index (χ4v) is 4.33. The highest BCUT2D eigenvalue weighted by Crippen LogP contribution is 2.35. The molecule has 2 atom stereocenters. The molecule has 1 amide bonds. The van der Waals surface area contributed by atoms with Crippen LogP contribution in [0.1, 0.15) is 38.5 Å². The standard InChI is InChI=1S/C19H25N5O2/c1-26-16-9-4-7-15(12-16)19-20-22-24(21-19)13-18(25)23-11-5-8-14-6-2-3-10-17(14)23/h4,7,9,12,14,17H,2-3,5-6,8,10-11,13H2,1H3/t14-,17+/m0/s1. The van der Waals surface area contributed by atoms with Crippen LogP contribution in [0.5, 0.6) is 5.75 Å². The van der Waals surface area contributed by atoms with E-state index in [0.717, 1.165) is 30.7 Å². The van der Waals surface area contributed by atoms with Gasteiger partial charge in [-0.05, 0) is 48.9 Å². The van der Waals surface area contributed by atoms with Crippen molar-refractivity contribution < 1.29 is 9.53 Å². The predicted molar refractivity (Wildman–Crippen MR) is 96.5 cm³/mol. The Morgan fingerprint density at radius 2 is 2.08 bits per heavy atom. The monoisotopic (exact) mass is 355 g/mol. The summed E-state index contributed by atoms with van der Waals surface area (Å²) in [6, 6.07) is 7.93. The van der Waals surface area contributed by atoms with E-state index >= 15 is 0 Å². The van der Waals surface area contributed by atoms with Crippen LogP contribution in [0.3, 0.4) is 0 Å². The van der Waals surface area contributed by atoms with Crippen LogP contribution in [-0.4, -0.2) is 50.7 Å². The summed E-state index contributed by atoms with van der Waals surface area (Å²) in [6.07, 6.45) is 7.29. The zero-order chi connectivity index (χ0) is 17.9. The molecule has 4 rings (SSSR count). The smallest absolute Gasteiger partial charge is 0.246 e. The zero-order valence-electron chi connectivity index (χ0n) is 15.2. The van der Waals surface area contributed by atoms with Gasteiger partial charge >= 0.3 is 0 Å². The Bertz CT molecular complexity index is 773. The summed E-state index contributed by atoms with van der Waals surface area (Å²) in [5.74, 6) is 2.03. The number of carbonyl (C=O) groups is 1. The van der Waals surface area contributed by atoms with Crippen LogP contribution in [0.25, 0.3) is 11.4 Å². The van der Waals surface area contributed by atoms with Gasteiger partial charge in [0, 0.05) is 18.2 Å². The molecule has 0 bridgehead atoms. The average molecular weight is 355 g/mol. The van der Waals surface area contributed by atoms with Crippen molar-refractivity contribution in [3.63, 3.8) is 0 Å². The molecule has 138 valence electrons. The molecule has 2 aliphatic rings. The molecule has 2 aromatic rings. The number of amides is 1. The highest BCUT2D eigenvalue weighted by atomic mass is 16.5. The molecule has 1 aliphatic heterocycles. The quantitative estimate of drug-likeness (QED) is 0.843. The van der Waals surface area contributed by atoms with Crippen molar-refractivity contribution in [3.8, 4) is 17.1 Å². The van der Waals surface area contributed by atoms with Crippen molar-refractivity contribution in [3.05, 3.63) is 24.3 Å². The Morgan fingerprint density at radius 3 is 2.96 bits per heavy atom. The van der Waals surface area contributed by atoms with Gasteiger partial charge in [-0.15, -0.1) is 10.2 Å². The van der Waals surface area contributed by atoms with Gasteiger partial charge in [0.05, 0.1) is 7.11 Å². The van der Waals surface area contributed by atoms with E-state index in [1.54, 1.807) is 7.11 Å². The van der Waals surface area contributed by atoms with Crippen LogP contribution in [0.2, 0.25) is 0 Å². The maximum atomic E-state index is 12.8. The summed E-state index contributed by atoms with van der Waals surface area (Å²) >= 11 is 0. The molecule has 0 radical (unpaired) electrons. The minimum atomic E-state index is 0.108. The number of aromatic nitrogens is 4. The normalized spacial score (nSPS) is 22.7. The Hall–Kier alpha value is -2.44. The fourth-order valence-electron chi connectivity index (χ4n) is 4.33. The molecule has 1 saturated heterocycles. The summed E-state index contributed by atoms with van der Waals surface area (Å²) in [6.45, 7) is 1.01. The van der Waals surface area contributed by atoms with Crippen molar-refractivity contribution in [1.82, 2.24) is 25.1 Å².